The first-order valence-corrected chi connectivity index (χ1v) is 4.10. The van der Waals surface area contributed by atoms with Crippen LogP contribution in [0.1, 0.15) is 31.1 Å². The largest absolute Gasteiger partial charge is 0.200 e. The Kier molecular flexibility index (Phi) is 2.28. The van der Waals surface area contributed by atoms with Gasteiger partial charge >= 0.3 is 0 Å². The lowest BCUT2D eigenvalue weighted by Gasteiger charge is -2.04. The van der Waals surface area contributed by atoms with E-state index in [0.29, 0.717) is 6.04 Å². The normalized spacial score (nSPS) is 10.6. The lowest BCUT2D eigenvalue weighted by molar-refractivity contribution is -0.722. The van der Waals surface area contributed by atoms with Crippen LogP contribution in [0.4, 0.5) is 0 Å². The quantitative estimate of drug-likeness (QED) is 0.540. The number of rotatable bonds is 1. The van der Waals surface area contributed by atoms with Crippen LogP contribution in [-0.4, -0.2) is 0 Å². The van der Waals surface area contributed by atoms with Crippen LogP contribution < -0.4 is 4.57 Å². The Bertz CT molecular complexity index is 251. The Hall–Kier alpha value is -0.850. The van der Waals surface area contributed by atoms with Crippen molar-refractivity contribution in [1.82, 2.24) is 0 Å². The zero-order valence-corrected chi connectivity index (χ0v) is 7.76. The molecule has 0 aliphatic heterocycles. The van der Waals surface area contributed by atoms with E-state index in [2.05, 4.69) is 50.6 Å². The van der Waals surface area contributed by atoms with E-state index in [1.807, 2.05) is 0 Å². The highest BCUT2D eigenvalue weighted by Gasteiger charge is 2.10. The van der Waals surface area contributed by atoms with Gasteiger partial charge in [0.05, 0.1) is 0 Å². The maximum atomic E-state index is 2.29. The smallest absolute Gasteiger partial charge is 0.181 e. The van der Waals surface area contributed by atoms with Crippen molar-refractivity contribution in [3.63, 3.8) is 0 Å². The molecule has 1 aromatic heterocycles. The van der Waals surface area contributed by atoms with Gasteiger partial charge in [-0.3, -0.25) is 0 Å². The summed E-state index contributed by atoms with van der Waals surface area (Å²) in [4.78, 5) is 0. The SMILES string of the molecule is Cc1ccc[n+](C(C)C)c1C. The van der Waals surface area contributed by atoms with Gasteiger partial charge in [-0.1, -0.05) is 0 Å². The van der Waals surface area contributed by atoms with Crippen LogP contribution in [0.25, 0.3) is 0 Å². The number of pyridine rings is 1. The van der Waals surface area contributed by atoms with Gasteiger partial charge in [0.2, 0.25) is 0 Å². The van der Waals surface area contributed by atoms with E-state index >= 15 is 0 Å². The molecule has 0 atom stereocenters. The van der Waals surface area contributed by atoms with Crippen molar-refractivity contribution in [2.45, 2.75) is 33.7 Å². The van der Waals surface area contributed by atoms with E-state index in [1.54, 1.807) is 0 Å². The number of aromatic nitrogens is 1. The van der Waals surface area contributed by atoms with Gasteiger partial charge in [-0.2, -0.15) is 0 Å². The fourth-order valence-corrected chi connectivity index (χ4v) is 1.28. The zero-order valence-electron chi connectivity index (χ0n) is 7.76. The molecule has 1 heterocycles. The number of nitrogens with zero attached hydrogens (tertiary/aromatic N) is 1. The van der Waals surface area contributed by atoms with Gasteiger partial charge in [0.15, 0.2) is 17.9 Å². The Morgan fingerprint density at radius 2 is 1.91 bits per heavy atom. The van der Waals surface area contributed by atoms with Gasteiger partial charge in [0, 0.05) is 18.6 Å². The van der Waals surface area contributed by atoms with Crippen LogP contribution in [0.15, 0.2) is 18.3 Å². The molecule has 1 rings (SSSR count). The van der Waals surface area contributed by atoms with E-state index < -0.39 is 0 Å². The molecule has 0 saturated heterocycles. The summed E-state index contributed by atoms with van der Waals surface area (Å²) in [6.45, 7) is 8.71. The van der Waals surface area contributed by atoms with Crippen LogP contribution in [0.3, 0.4) is 0 Å². The zero-order chi connectivity index (χ0) is 8.43. The topological polar surface area (TPSA) is 3.88 Å². The molecule has 0 aliphatic carbocycles. The number of hydrogen-bond acceptors (Lipinski definition) is 0. The summed E-state index contributed by atoms with van der Waals surface area (Å²) < 4.78 is 2.29. The van der Waals surface area contributed by atoms with Gasteiger partial charge in [-0.05, 0) is 26.8 Å². The lowest BCUT2D eigenvalue weighted by atomic mass is 10.2. The molecule has 1 heteroatoms. The molecule has 0 amide bonds. The first kappa shape index (κ1) is 8.25. The van der Waals surface area contributed by atoms with Gasteiger partial charge in [0.25, 0.3) is 0 Å². The third-order valence-electron chi connectivity index (χ3n) is 2.11. The molecular formula is C10H16N+. The standard InChI is InChI=1S/C10H16N/c1-8(2)11-7-5-6-9(3)10(11)4/h5-8H,1-4H3/q+1. The first-order chi connectivity index (χ1) is 5.13. The van der Waals surface area contributed by atoms with Crippen LogP contribution in [0.5, 0.6) is 0 Å². The van der Waals surface area contributed by atoms with Gasteiger partial charge in [-0.15, -0.1) is 0 Å². The third-order valence-corrected chi connectivity index (χ3v) is 2.11. The third kappa shape index (κ3) is 1.59. The van der Waals surface area contributed by atoms with Crippen molar-refractivity contribution in [2.24, 2.45) is 0 Å². The Morgan fingerprint density at radius 1 is 1.27 bits per heavy atom. The molecule has 0 N–H and O–H groups in total. The second-order valence-corrected chi connectivity index (χ2v) is 3.28. The summed E-state index contributed by atoms with van der Waals surface area (Å²) in [5, 5.41) is 0. The second-order valence-electron chi connectivity index (χ2n) is 3.28. The molecule has 0 spiro atoms. The number of aryl methyl sites for hydroxylation is 1. The van der Waals surface area contributed by atoms with Crippen molar-refractivity contribution in [3.8, 4) is 0 Å². The maximum absolute atomic E-state index is 2.29. The summed E-state index contributed by atoms with van der Waals surface area (Å²) in [7, 11) is 0. The van der Waals surface area contributed by atoms with Crippen LogP contribution >= 0.6 is 0 Å². The lowest BCUT2D eigenvalue weighted by Crippen LogP contribution is -2.39. The fourth-order valence-electron chi connectivity index (χ4n) is 1.28. The summed E-state index contributed by atoms with van der Waals surface area (Å²) in [6.07, 6.45) is 2.13. The Labute approximate surface area is 68.7 Å². The summed E-state index contributed by atoms with van der Waals surface area (Å²) in [6, 6.07) is 4.81. The predicted octanol–water partition coefficient (Wildman–Crippen LogP) is 2.17. The first-order valence-electron chi connectivity index (χ1n) is 4.10. The highest BCUT2D eigenvalue weighted by molar-refractivity contribution is 5.11. The van der Waals surface area contributed by atoms with E-state index in [0.717, 1.165) is 0 Å². The molecule has 0 radical (unpaired) electrons. The van der Waals surface area contributed by atoms with Crippen molar-refractivity contribution in [2.75, 3.05) is 0 Å². The van der Waals surface area contributed by atoms with Crippen molar-refractivity contribution in [3.05, 3.63) is 29.6 Å². The van der Waals surface area contributed by atoms with E-state index in [1.165, 1.54) is 11.3 Å². The molecule has 0 aliphatic rings. The van der Waals surface area contributed by atoms with E-state index in [-0.39, 0.29) is 0 Å². The minimum absolute atomic E-state index is 0.565. The average Bonchev–Trinajstić information content (AvgIpc) is 1.94. The Balaban J connectivity index is 3.17. The van der Waals surface area contributed by atoms with Crippen molar-refractivity contribution < 1.29 is 4.57 Å². The molecule has 0 unspecified atom stereocenters. The molecule has 0 fully saturated rings. The second kappa shape index (κ2) is 3.04. The molecule has 0 bridgehead atoms. The molecule has 11 heavy (non-hydrogen) atoms. The van der Waals surface area contributed by atoms with Crippen LogP contribution in [0.2, 0.25) is 0 Å². The van der Waals surface area contributed by atoms with Crippen molar-refractivity contribution >= 4 is 0 Å². The fraction of sp³-hybridized carbons (Fsp3) is 0.500. The highest BCUT2D eigenvalue weighted by Crippen LogP contribution is 2.02. The molecular weight excluding hydrogens is 134 g/mol. The molecule has 60 valence electrons. The summed E-state index contributed by atoms with van der Waals surface area (Å²) >= 11 is 0. The minimum atomic E-state index is 0.565. The Morgan fingerprint density at radius 3 is 2.36 bits per heavy atom. The molecule has 0 saturated carbocycles. The molecule has 1 aromatic rings. The maximum Gasteiger partial charge on any atom is 0.181 e. The monoisotopic (exact) mass is 150 g/mol. The highest BCUT2D eigenvalue weighted by atomic mass is 15.0. The average molecular weight is 150 g/mol. The van der Waals surface area contributed by atoms with Gasteiger partial charge < -0.3 is 0 Å². The van der Waals surface area contributed by atoms with Crippen LogP contribution in [0, 0.1) is 13.8 Å². The van der Waals surface area contributed by atoms with E-state index in [4.69, 9.17) is 0 Å². The van der Waals surface area contributed by atoms with Crippen molar-refractivity contribution in [1.29, 1.82) is 0 Å². The number of hydrogen-bond donors (Lipinski definition) is 0. The summed E-state index contributed by atoms with van der Waals surface area (Å²) in [5.74, 6) is 0. The summed E-state index contributed by atoms with van der Waals surface area (Å²) in [5.41, 5.74) is 2.73. The minimum Gasteiger partial charge on any atom is -0.200 e. The molecule has 0 aromatic carbocycles. The van der Waals surface area contributed by atoms with Crippen LogP contribution in [-0.2, 0) is 0 Å². The van der Waals surface area contributed by atoms with Gasteiger partial charge in [-0.25, -0.2) is 4.57 Å². The predicted molar refractivity (Wildman–Crippen MR) is 46.5 cm³/mol. The molecule has 1 nitrogen and oxygen atoms in total. The van der Waals surface area contributed by atoms with Gasteiger partial charge in [0.1, 0.15) is 0 Å². The van der Waals surface area contributed by atoms with E-state index in [9.17, 15) is 0 Å².